The van der Waals surface area contributed by atoms with Crippen LogP contribution in [0.15, 0.2) is 0 Å². The van der Waals surface area contributed by atoms with Gasteiger partial charge in [0.15, 0.2) is 0 Å². The molecule has 2 aliphatic heterocycles. The summed E-state index contributed by atoms with van der Waals surface area (Å²) in [5, 5.41) is 3.26. The fourth-order valence-corrected chi connectivity index (χ4v) is 5.19. The Morgan fingerprint density at radius 1 is 1.17 bits per heavy atom. The van der Waals surface area contributed by atoms with Crippen molar-refractivity contribution in [2.45, 2.75) is 51.5 Å². The molecule has 0 radical (unpaired) electrons. The molecule has 1 amide bonds. The number of unbranched alkanes of at least 4 members (excludes halogenated alkanes) is 1. The lowest BCUT2D eigenvalue weighted by atomic mass is 9.95. The Hall–Kier alpha value is -0.370. The molecule has 0 aromatic rings. The number of likely N-dealkylation sites (tertiary alicyclic amines) is 1. The second-order valence-electron chi connectivity index (χ2n) is 6.75. The third-order valence-electron chi connectivity index (χ3n) is 5.09. The fraction of sp³-hybridized carbons (Fsp3) is 0.938. The topological polar surface area (TPSA) is 69.7 Å². The van der Waals surface area contributed by atoms with E-state index in [1.807, 2.05) is 18.9 Å². The molecular weight excluding hydrogens is 350 g/mol. The van der Waals surface area contributed by atoms with Gasteiger partial charge < -0.3 is 10.2 Å². The first-order valence-corrected chi connectivity index (χ1v) is 10.5. The summed E-state index contributed by atoms with van der Waals surface area (Å²) in [6.07, 6.45) is 5.07. The number of nitrogens with one attached hydrogen (secondary N) is 1. The molecule has 0 spiro atoms. The minimum Gasteiger partial charge on any atom is -0.341 e. The second kappa shape index (κ2) is 9.94. The highest BCUT2D eigenvalue weighted by atomic mass is 35.5. The van der Waals surface area contributed by atoms with Gasteiger partial charge in [0, 0.05) is 38.1 Å². The standard InChI is InChI=1S/C16H31N3O3S.ClH/c1-3-4-12-23(21,22)19-10-7-14(8-11-19)16(20)18-9-5-6-15(13-18)17-2;/h14-15,17H,3-13H2,1-2H3;1H. The predicted molar refractivity (Wildman–Crippen MR) is 98.9 cm³/mol. The zero-order valence-corrected chi connectivity index (χ0v) is 16.5. The maximum Gasteiger partial charge on any atom is 0.225 e. The van der Waals surface area contributed by atoms with Crippen molar-refractivity contribution in [2.75, 3.05) is 39.0 Å². The first-order valence-electron chi connectivity index (χ1n) is 8.91. The Morgan fingerprint density at radius 2 is 1.83 bits per heavy atom. The van der Waals surface area contributed by atoms with E-state index in [9.17, 15) is 13.2 Å². The third kappa shape index (κ3) is 5.58. The Kier molecular flexibility index (Phi) is 8.98. The van der Waals surface area contributed by atoms with Gasteiger partial charge in [-0.05, 0) is 39.2 Å². The summed E-state index contributed by atoms with van der Waals surface area (Å²) in [7, 11) is -1.19. The highest BCUT2D eigenvalue weighted by Crippen LogP contribution is 2.24. The van der Waals surface area contributed by atoms with Gasteiger partial charge in [-0.3, -0.25) is 4.79 Å². The SMILES string of the molecule is CCCCS(=O)(=O)N1CCC(C(=O)N2CCCC(NC)C2)CC1.Cl. The van der Waals surface area contributed by atoms with Crippen LogP contribution in [-0.2, 0) is 14.8 Å². The summed E-state index contributed by atoms with van der Waals surface area (Å²) < 4.78 is 26.0. The number of sulfonamides is 1. The van der Waals surface area contributed by atoms with Crippen LogP contribution < -0.4 is 5.32 Å². The van der Waals surface area contributed by atoms with Crippen molar-refractivity contribution in [1.29, 1.82) is 0 Å². The summed E-state index contributed by atoms with van der Waals surface area (Å²) >= 11 is 0. The molecule has 1 atom stereocenters. The molecule has 0 aromatic heterocycles. The number of nitrogens with zero attached hydrogens (tertiary/aromatic N) is 2. The average Bonchev–Trinajstić information content (AvgIpc) is 2.59. The molecule has 8 heteroatoms. The second-order valence-corrected chi connectivity index (χ2v) is 8.84. The largest absolute Gasteiger partial charge is 0.341 e. The quantitative estimate of drug-likeness (QED) is 0.756. The van der Waals surface area contributed by atoms with Crippen molar-refractivity contribution in [2.24, 2.45) is 5.92 Å². The molecule has 142 valence electrons. The first kappa shape index (κ1) is 21.7. The zero-order chi connectivity index (χ0) is 16.9. The van der Waals surface area contributed by atoms with E-state index >= 15 is 0 Å². The molecule has 2 rings (SSSR count). The lowest BCUT2D eigenvalue weighted by molar-refractivity contribution is -0.138. The molecule has 0 aliphatic carbocycles. The smallest absolute Gasteiger partial charge is 0.225 e. The van der Waals surface area contributed by atoms with Crippen molar-refractivity contribution in [1.82, 2.24) is 14.5 Å². The normalized spacial score (nSPS) is 23.8. The number of piperidine rings is 2. The highest BCUT2D eigenvalue weighted by molar-refractivity contribution is 7.89. The third-order valence-corrected chi connectivity index (χ3v) is 7.05. The summed E-state index contributed by atoms with van der Waals surface area (Å²) in [5.74, 6) is 0.441. The maximum atomic E-state index is 12.7. The molecule has 2 saturated heterocycles. The minimum absolute atomic E-state index is 0. The van der Waals surface area contributed by atoms with Gasteiger partial charge in [-0.1, -0.05) is 13.3 Å². The number of hydrogen-bond acceptors (Lipinski definition) is 4. The molecule has 0 bridgehead atoms. The average molecular weight is 382 g/mol. The Labute approximate surface area is 152 Å². The monoisotopic (exact) mass is 381 g/mol. The molecule has 24 heavy (non-hydrogen) atoms. The van der Waals surface area contributed by atoms with Crippen molar-refractivity contribution >= 4 is 28.3 Å². The van der Waals surface area contributed by atoms with Gasteiger partial charge in [0.1, 0.15) is 0 Å². The van der Waals surface area contributed by atoms with Crippen molar-refractivity contribution in [3.8, 4) is 0 Å². The lowest BCUT2D eigenvalue weighted by Gasteiger charge is -2.37. The van der Waals surface area contributed by atoms with Crippen molar-refractivity contribution in [3.05, 3.63) is 0 Å². The molecule has 2 heterocycles. The van der Waals surface area contributed by atoms with Crippen LogP contribution in [0.1, 0.15) is 45.4 Å². The van der Waals surface area contributed by atoms with Crippen LogP contribution in [0.5, 0.6) is 0 Å². The summed E-state index contributed by atoms with van der Waals surface area (Å²) in [6.45, 7) is 4.60. The van der Waals surface area contributed by atoms with Crippen LogP contribution in [0.4, 0.5) is 0 Å². The zero-order valence-electron chi connectivity index (χ0n) is 14.9. The van der Waals surface area contributed by atoms with Crippen molar-refractivity contribution < 1.29 is 13.2 Å². The number of hydrogen-bond donors (Lipinski definition) is 1. The summed E-state index contributed by atoms with van der Waals surface area (Å²) in [6, 6.07) is 0.391. The number of likely N-dealkylation sites (N-methyl/N-ethyl adjacent to an activating group) is 1. The van der Waals surface area contributed by atoms with Crippen LogP contribution in [0.25, 0.3) is 0 Å². The van der Waals surface area contributed by atoms with Gasteiger partial charge in [0.05, 0.1) is 5.75 Å². The van der Waals surface area contributed by atoms with Crippen LogP contribution in [0.3, 0.4) is 0 Å². The van der Waals surface area contributed by atoms with E-state index < -0.39 is 10.0 Å². The van der Waals surface area contributed by atoms with Gasteiger partial charge >= 0.3 is 0 Å². The van der Waals surface area contributed by atoms with E-state index in [4.69, 9.17) is 0 Å². The van der Waals surface area contributed by atoms with Crippen LogP contribution in [-0.4, -0.2) is 68.6 Å². The van der Waals surface area contributed by atoms with Gasteiger partial charge in [-0.15, -0.1) is 12.4 Å². The van der Waals surface area contributed by atoms with Crippen LogP contribution in [0, 0.1) is 5.92 Å². The molecule has 0 saturated carbocycles. The maximum absolute atomic E-state index is 12.7. The molecule has 2 fully saturated rings. The van der Waals surface area contributed by atoms with Crippen LogP contribution in [0.2, 0.25) is 0 Å². The van der Waals surface area contributed by atoms with E-state index in [1.54, 1.807) is 4.31 Å². The van der Waals surface area contributed by atoms with E-state index in [0.717, 1.165) is 32.4 Å². The Morgan fingerprint density at radius 3 is 2.42 bits per heavy atom. The van der Waals surface area contributed by atoms with E-state index in [0.29, 0.717) is 38.4 Å². The van der Waals surface area contributed by atoms with Gasteiger partial charge in [-0.25, -0.2) is 12.7 Å². The highest BCUT2D eigenvalue weighted by Gasteiger charge is 2.34. The number of amides is 1. The molecule has 1 N–H and O–H groups in total. The number of halogens is 1. The van der Waals surface area contributed by atoms with Crippen molar-refractivity contribution in [3.63, 3.8) is 0 Å². The fourth-order valence-electron chi connectivity index (χ4n) is 3.51. The lowest BCUT2D eigenvalue weighted by Crippen LogP contribution is -2.50. The van der Waals surface area contributed by atoms with Crippen LogP contribution >= 0.6 is 12.4 Å². The molecule has 2 aliphatic rings. The van der Waals surface area contributed by atoms with E-state index in [2.05, 4.69) is 5.32 Å². The van der Waals surface area contributed by atoms with Gasteiger partial charge in [-0.2, -0.15) is 0 Å². The molecular formula is C16H32ClN3O3S. The number of carbonyl (C=O) groups excluding carboxylic acids is 1. The van der Waals surface area contributed by atoms with E-state index in [-0.39, 0.29) is 30.0 Å². The predicted octanol–water partition coefficient (Wildman–Crippen LogP) is 1.46. The van der Waals surface area contributed by atoms with Gasteiger partial charge in [0.25, 0.3) is 0 Å². The Bertz CT molecular complexity index is 493. The molecule has 0 aromatic carbocycles. The van der Waals surface area contributed by atoms with E-state index in [1.165, 1.54) is 0 Å². The number of carbonyl (C=O) groups is 1. The Balaban J connectivity index is 0.00000288. The summed E-state index contributed by atoms with van der Waals surface area (Å²) in [5.41, 5.74) is 0. The van der Waals surface area contributed by atoms with Gasteiger partial charge in [0.2, 0.25) is 15.9 Å². The summed E-state index contributed by atoms with van der Waals surface area (Å²) in [4.78, 5) is 14.6. The molecule has 6 nitrogen and oxygen atoms in total. The number of rotatable bonds is 6. The molecule has 1 unspecified atom stereocenters. The minimum atomic E-state index is -3.13. The first-order chi connectivity index (χ1) is 11.0.